The summed E-state index contributed by atoms with van der Waals surface area (Å²) in [6.07, 6.45) is 1.07. The molecule has 36 heavy (non-hydrogen) atoms. The van der Waals surface area contributed by atoms with Crippen molar-refractivity contribution in [2.24, 2.45) is 0 Å². The third kappa shape index (κ3) is 4.39. The van der Waals surface area contributed by atoms with E-state index in [1.165, 1.54) is 11.3 Å². The summed E-state index contributed by atoms with van der Waals surface area (Å²) in [5.74, 6) is 1.64. The number of aromatic nitrogens is 2. The lowest BCUT2D eigenvalue weighted by Gasteiger charge is -2.24. The molecule has 2 heterocycles. The number of aromatic amines is 1. The SMILES string of the molecule is O=C1CC(c2ccccc2)Cc2[nH]c(=O)c(-c3nc(-c4ccc(Oc5ccccc5)cc4)cs3)cc21. The number of nitrogens with zero attached hydrogens (tertiary/aromatic N) is 1. The zero-order valence-electron chi connectivity index (χ0n) is 19.3. The Hall–Kier alpha value is -4.29. The molecule has 5 aromatic rings. The standard InChI is InChI=1S/C30H22N2O3S/c33-28-16-21(19-7-3-1-4-8-19)15-26-24(28)17-25(29(34)31-26)30-32-27(18-36-30)20-11-13-23(14-12-20)35-22-9-5-2-6-10-22/h1-14,17-18,21H,15-16H2,(H,31,34). The van der Waals surface area contributed by atoms with E-state index in [1.807, 2.05) is 90.3 Å². The maximum atomic E-state index is 13.0. The molecule has 0 bridgehead atoms. The van der Waals surface area contributed by atoms with Gasteiger partial charge in [0.15, 0.2) is 5.78 Å². The van der Waals surface area contributed by atoms with Crippen LogP contribution in [0.2, 0.25) is 0 Å². The monoisotopic (exact) mass is 490 g/mol. The maximum Gasteiger partial charge on any atom is 0.258 e. The highest BCUT2D eigenvalue weighted by Crippen LogP contribution is 2.34. The molecule has 2 aromatic heterocycles. The van der Waals surface area contributed by atoms with E-state index in [-0.39, 0.29) is 17.3 Å². The molecule has 176 valence electrons. The second kappa shape index (κ2) is 9.40. The number of pyridine rings is 1. The Labute approximate surface area is 212 Å². The van der Waals surface area contributed by atoms with E-state index in [4.69, 9.17) is 9.72 Å². The van der Waals surface area contributed by atoms with Crippen molar-refractivity contribution in [3.05, 3.63) is 124 Å². The molecular weight excluding hydrogens is 468 g/mol. The first-order chi connectivity index (χ1) is 17.6. The number of para-hydroxylation sites is 1. The molecule has 0 saturated carbocycles. The number of hydrogen-bond acceptors (Lipinski definition) is 5. The van der Waals surface area contributed by atoms with Gasteiger partial charge in [-0.1, -0.05) is 48.5 Å². The van der Waals surface area contributed by atoms with Crippen LogP contribution in [-0.4, -0.2) is 15.8 Å². The predicted octanol–water partition coefficient (Wildman–Crippen LogP) is 6.87. The number of ether oxygens (including phenoxy) is 1. The fraction of sp³-hybridized carbons (Fsp3) is 0.100. The average molecular weight is 491 g/mol. The van der Waals surface area contributed by atoms with Gasteiger partial charge in [0.05, 0.1) is 11.3 Å². The largest absolute Gasteiger partial charge is 0.457 e. The second-order valence-corrected chi connectivity index (χ2v) is 9.68. The minimum absolute atomic E-state index is 0.0494. The molecule has 6 rings (SSSR count). The molecular formula is C30H22N2O3S. The molecule has 5 nitrogen and oxygen atoms in total. The average Bonchev–Trinajstić information content (AvgIpc) is 3.40. The molecule has 0 spiro atoms. The predicted molar refractivity (Wildman–Crippen MR) is 142 cm³/mol. The molecule has 3 aromatic carbocycles. The Balaban J connectivity index is 1.25. The Morgan fingerprint density at radius 3 is 2.25 bits per heavy atom. The first kappa shape index (κ1) is 22.2. The van der Waals surface area contributed by atoms with Crippen LogP contribution in [0.15, 0.2) is 101 Å². The third-order valence-electron chi connectivity index (χ3n) is 6.44. The molecule has 1 aliphatic rings. The summed E-state index contributed by atoms with van der Waals surface area (Å²) in [5.41, 5.74) is 4.33. The lowest BCUT2D eigenvalue weighted by atomic mass is 9.81. The van der Waals surface area contributed by atoms with Crippen LogP contribution in [0.3, 0.4) is 0 Å². The van der Waals surface area contributed by atoms with Crippen molar-refractivity contribution in [2.45, 2.75) is 18.8 Å². The molecule has 0 aliphatic heterocycles. The number of H-pyrrole nitrogens is 1. The summed E-state index contributed by atoms with van der Waals surface area (Å²) in [6.45, 7) is 0. The van der Waals surface area contributed by atoms with Gasteiger partial charge in [-0.15, -0.1) is 11.3 Å². The van der Waals surface area contributed by atoms with Gasteiger partial charge in [-0.3, -0.25) is 9.59 Å². The van der Waals surface area contributed by atoms with E-state index in [0.717, 1.165) is 28.3 Å². The normalized spacial score (nSPS) is 14.9. The number of nitrogens with one attached hydrogen (secondary N) is 1. The zero-order valence-corrected chi connectivity index (χ0v) is 20.1. The summed E-state index contributed by atoms with van der Waals surface area (Å²) in [7, 11) is 0. The fourth-order valence-electron chi connectivity index (χ4n) is 4.60. The summed E-state index contributed by atoms with van der Waals surface area (Å²) < 4.78 is 5.86. The Bertz CT molecular complexity index is 1590. The first-order valence-corrected chi connectivity index (χ1v) is 12.7. The van der Waals surface area contributed by atoms with Crippen molar-refractivity contribution in [1.29, 1.82) is 0 Å². The van der Waals surface area contributed by atoms with E-state index < -0.39 is 0 Å². The number of ketones is 1. The summed E-state index contributed by atoms with van der Waals surface area (Å²) in [4.78, 5) is 33.7. The van der Waals surface area contributed by atoms with Crippen LogP contribution in [-0.2, 0) is 6.42 Å². The Kier molecular flexibility index (Phi) is 5.79. The number of thiazole rings is 1. The zero-order chi connectivity index (χ0) is 24.5. The van der Waals surface area contributed by atoms with Crippen LogP contribution in [0.5, 0.6) is 11.5 Å². The van der Waals surface area contributed by atoms with E-state index in [0.29, 0.717) is 34.7 Å². The van der Waals surface area contributed by atoms with E-state index in [1.54, 1.807) is 6.07 Å². The van der Waals surface area contributed by atoms with Gasteiger partial charge in [-0.05, 0) is 60.4 Å². The van der Waals surface area contributed by atoms with Gasteiger partial charge < -0.3 is 9.72 Å². The highest BCUT2D eigenvalue weighted by atomic mass is 32.1. The van der Waals surface area contributed by atoms with E-state index >= 15 is 0 Å². The van der Waals surface area contributed by atoms with Crippen LogP contribution in [0, 0.1) is 0 Å². The number of carbonyl (C=O) groups is 1. The van der Waals surface area contributed by atoms with Gasteiger partial charge >= 0.3 is 0 Å². The van der Waals surface area contributed by atoms with Crippen molar-refractivity contribution in [1.82, 2.24) is 9.97 Å². The van der Waals surface area contributed by atoms with Crippen molar-refractivity contribution in [3.63, 3.8) is 0 Å². The smallest absolute Gasteiger partial charge is 0.258 e. The number of fused-ring (bicyclic) bond motifs is 1. The van der Waals surface area contributed by atoms with Crippen molar-refractivity contribution >= 4 is 17.1 Å². The van der Waals surface area contributed by atoms with Crippen molar-refractivity contribution in [3.8, 4) is 33.3 Å². The molecule has 1 aliphatic carbocycles. The fourth-order valence-corrected chi connectivity index (χ4v) is 5.44. The van der Waals surface area contributed by atoms with Gasteiger partial charge in [-0.2, -0.15) is 0 Å². The van der Waals surface area contributed by atoms with Gasteiger partial charge in [0.25, 0.3) is 5.56 Å². The molecule has 0 amide bonds. The maximum absolute atomic E-state index is 13.0. The molecule has 0 saturated heterocycles. The Morgan fingerprint density at radius 2 is 1.50 bits per heavy atom. The summed E-state index contributed by atoms with van der Waals surface area (Å²) in [6, 6.07) is 29.0. The number of carbonyl (C=O) groups excluding carboxylic acids is 1. The van der Waals surface area contributed by atoms with Gasteiger partial charge in [0.2, 0.25) is 0 Å². The lowest BCUT2D eigenvalue weighted by molar-refractivity contribution is 0.0963. The number of hydrogen-bond donors (Lipinski definition) is 1. The van der Waals surface area contributed by atoms with Crippen LogP contribution in [0.25, 0.3) is 21.8 Å². The second-order valence-electron chi connectivity index (χ2n) is 8.82. The molecule has 6 heteroatoms. The quantitative estimate of drug-likeness (QED) is 0.292. The minimum atomic E-state index is -0.220. The molecule has 0 fully saturated rings. The lowest BCUT2D eigenvalue weighted by Crippen LogP contribution is -2.24. The van der Waals surface area contributed by atoms with Crippen molar-refractivity contribution < 1.29 is 9.53 Å². The molecule has 1 unspecified atom stereocenters. The molecule has 0 radical (unpaired) electrons. The van der Waals surface area contributed by atoms with Gasteiger partial charge in [0.1, 0.15) is 16.5 Å². The van der Waals surface area contributed by atoms with Gasteiger partial charge in [0, 0.05) is 28.6 Å². The number of benzene rings is 3. The van der Waals surface area contributed by atoms with Crippen molar-refractivity contribution in [2.75, 3.05) is 0 Å². The summed E-state index contributed by atoms with van der Waals surface area (Å²) in [5, 5.41) is 2.52. The van der Waals surface area contributed by atoms with E-state index in [2.05, 4.69) is 4.98 Å². The topological polar surface area (TPSA) is 72.0 Å². The highest BCUT2D eigenvalue weighted by Gasteiger charge is 2.28. The number of Topliss-reactive ketones (excluding diaryl/α,β-unsaturated/α-hetero) is 1. The van der Waals surface area contributed by atoms with Crippen LogP contribution in [0.1, 0.15) is 34.0 Å². The molecule has 1 atom stereocenters. The summed E-state index contributed by atoms with van der Waals surface area (Å²) >= 11 is 1.39. The van der Waals surface area contributed by atoms with Crippen LogP contribution >= 0.6 is 11.3 Å². The first-order valence-electron chi connectivity index (χ1n) is 11.8. The minimum Gasteiger partial charge on any atom is -0.457 e. The molecule has 1 N–H and O–H groups in total. The van der Waals surface area contributed by atoms with Crippen LogP contribution < -0.4 is 10.3 Å². The number of rotatable bonds is 5. The van der Waals surface area contributed by atoms with Gasteiger partial charge in [-0.25, -0.2) is 4.98 Å². The third-order valence-corrected chi connectivity index (χ3v) is 7.32. The van der Waals surface area contributed by atoms with E-state index in [9.17, 15) is 9.59 Å². The Morgan fingerprint density at radius 1 is 0.806 bits per heavy atom. The van der Waals surface area contributed by atoms with Crippen LogP contribution in [0.4, 0.5) is 0 Å². The highest BCUT2D eigenvalue weighted by molar-refractivity contribution is 7.13.